The Labute approximate surface area is 164 Å². The Morgan fingerprint density at radius 1 is 0.731 bits per heavy atom. The van der Waals surface area contributed by atoms with E-state index in [1.54, 1.807) is 0 Å². The average Bonchev–Trinajstić information content (AvgIpc) is 3.13. The number of hydrogen-bond donors (Lipinski definition) is 0. The van der Waals surface area contributed by atoms with Crippen molar-refractivity contribution in [2.75, 3.05) is 0 Å². The van der Waals surface area contributed by atoms with E-state index < -0.39 is 0 Å². The van der Waals surface area contributed by atoms with Crippen molar-refractivity contribution in [2.45, 2.75) is 136 Å². The molecule has 0 spiro atoms. The maximum atomic E-state index is 4.69. The molecule has 0 aromatic carbocycles. The predicted molar refractivity (Wildman–Crippen MR) is 116 cm³/mol. The van der Waals surface area contributed by atoms with Gasteiger partial charge in [0.1, 0.15) is 5.82 Å². The van der Waals surface area contributed by atoms with Gasteiger partial charge in [-0.2, -0.15) is 0 Å². The summed E-state index contributed by atoms with van der Waals surface area (Å²) in [6, 6.07) is 0.592. The molecule has 0 aliphatic carbocycles. The Hall–Kier alpha value is -0.790. The number of hydrogen-bond acceptors (Lipinski definition) is 1. The van der Waals surface area contributed by atoms with Crippen LogP contribution in [0.4, 0.5) is 0 Å². The third-order valence-corrected chi connectivity index (χ3v) is 5.83. The zero-order chi connectivity index (χ0) is 19.0. The van der Waals surface area contributed by atoms with Crippen molar-refractivity contribution in [1.82, 2.24) is 9.55 Å². The molecule has 0 bridgehead atoms. The van der Waals surface area contributed by atoms with Gasteiger partial charge in [0, 0.05) is 24.4 Å². The third-order valence-electron chi connectivity index (χ3n) is 5.83. The Balaban J connectivity index is 2.16. The molecule has 2 atom stereocenters. The summed E-state index contributed by atoms with van der Waals surface area (Å²) in [6.07, 6.45) is 24.9. The Morgan fingerprint density at radius 3 is 1.85 bits per heavy atom. The van der Waals surface area contributed by atoms with Crippen LogP contribution in [-0.2, 0) is 0 Å². The standard InChI is InChI=1S/C24H46N2/c1-5-7-9-10-11-12-13-14-15-17-18-22(3)24-25-20-21-26(24)23(4)19-16-8-6-2/h20-23H,5-19H2,1-4H3. The summed E-state index contributed by atoms with van der Waals surface area (Å²) in [5, 5.41) is 0. The van der Waals surface area contributed by atoms with Crippen LogP contribution in [0.25, 0.3) is 0 Å². The molecule has 0 radical (unpaired) electrons. The average molecular weight is 363 g/mol. The molecule has 2 nitrogen and oxygen atoms in total. The quantitative estimate of drug-likeness (QED) is 0.254. The molecule has 1 aromatic rings. The smallest absolute Gasteiger partial charge is 0.111 e. The summed E-state index contributed by atoms with van der Waals surface area (Å²) in [6.45, 7) is 9.29. The van der Waals surface area contributed by atoms with E-state index in [0.717, 1.165) is 0 Å². The van der Waals surface area contributed by atoms with Gasteiger partial charge >= 0.3 is 0 Å². The fourth-order valence-corrected chi connectivity index (χ4v) is 3.97. The Morgan fingerprint density at radius 2 is 1.23 bits per heavy atom. The van der Waals surface area contributed by atoms with Gasteiger partial charge in [0.15, 0.2) is 0 Å². The highest BCUT2D eigenvalue weighted by molar-refractivity contribution is 5.00. The van der Waals surface area contributed by atoms with E-state index in [2.05, 4.69) is 38.5 Å². The first kappa shape index (κ1) is 23.2. The minimum absolute atomic E-state index is 0.590. The monoisotopic (exact) mass is 362 g/mol. The first-order valence-corrected chi connectivity index (χ1v) is 11.7. The molecule has 2 unspecified atom stereocenters. The lowest BCUT2D eigenvalue weighted by molar-refractivity contribution is 0.441. The van der Waals surface area contributed by atoms with Crippen LogP contribution in [0.3, 0.4) is 0 Å². The van der Waals surface area contributed by atoms with Crippen LogP contribution in [-0.4, -0.2) is 9.55 Å². The number of rotatable bonds is 17. The second kappa shape index (κ2) is 15.3. The van der Waals surface area contributed by atoms with Gasteiger partial charge in [-0.15, -0.1) is 0 Å². The van der Waals surface area contributed by atoms with E-state index in [4.69, 9.17) is 4.98 Å². The summed E-state index contributed by atoms with van der Waals surface area (Å²) in [7, 11) is 0. The lowest BCUT2D eigenvalue weighted by atomic mass is 10.00. The highest BCUT2D eigenvalue weighted by Gasteiger charge is 2.15. The third kappa shape index (κ3) is 9.78. The Bertz CT molecular complexity index is 424. The number of imidazole rings is 1. The van der Waals surface area contributed by atoms with E-state index in [-0.39, 0.29) is 0 Å². The molecule has 1 rings (SSSR count). The van der Waals surface area contributed by atoms with Crippen molar-refractivity contribution in [2.24, 2.45) is 0 Å². The van der Waals surface area contributed by atoms with Crippen molar-refractivity contribution in [3.8, 4) is 0 Å². The van der Waals surface area contributed by atoms with Gasteiger partial charge in [-0.1, -0.05) is 104 Å². The van der Waals surface area contributed by atoms with Crippen molar-refractivity contribution < 1.29 is 0 Å². The number of aromatic nitrogens is 2. The molecule has 0 N–H and O–H groups in total. The normalized spacial score (nSPS) is 13.8. The first-order chi connectivity index (χ1) is 12.7. The van der Waals surface area contributed by atoms with Crippen LogP contribution in [0.2, 0.25) is 0 Å². The molecule has 0 amide bonds. The first-order valence-electron chi connectivity index (χ1n) is 11.7. The lowest BCUT2D eigenvalue weighted by Gasteiger charge is -2.20. The molecule has 2 heteroatoms. The second-order valence-electron chi connectivity index (χ2n) is 8.41. The van der Waals surface area contributed by atoms with Gasteiger partial charge in [-0.3, -0.25) is 0 Å². The van der Waals surface area contributed by atoms with Crippen molar-refractivity contribution in [1.29, 1.82) is 0 Å². The van der Waals surface area contributed by atoms with E-state index >= 15 is 0 Å². The van der Waals surface area contributed by atoms with Gasteiger partial charge < -0.3 is 4.57 Å². The van der Waals surface area contributed by atoms with Gasteiger partial charge in [0.05, 0.1) is 0 Å². The van der Waals surface area contributed by atoms with Crippen molar-refractivity contribution in [3.05, 3.63) is 18.2 Å². The highest BCUT2D eigenvalue weighted by Crippen LogP contribution is 2.25. The fourth-order valence-electron chi connectivity index (χ4n) is 3.97. The van der Waals surface area contributed by atoms with Gasteiger partial charge in [-0.25, -0.2) is 4.98 Å². The van der Waals surface area contributed by atoms with Gasteiger partial charge in [-0.05, 0) is 19.8 Å². The molecular formula is C24H46N2. The molecule has 1 heterocycles. The zero-order valence-corrected chi connectivity index (χ0v) is 18.3. The molecule has 0 saturated carbocycles. The summed E-state index contributed by atoms with van der Waals surface area (Å²) >= 11 is 0. The predicted octanol–water partition coefficient (Wildman–Crippen LogP) is 8.44. The van der Waals surface area contributed by atoms with E-state index in [1.807, 2.05) is 6.20 Å². The van der Waals surface area contributed by atoms with Crippen LogP contribution in [0.15, 0.2) is 12.4 Å². The second-order valence-corrected chi connectivity index (χ2v) is 8.41. The molecule has 0 aliphatic heterocycles. The topological polar surface area (TPSA) is 17.8 Å². The molecule has 0 fully saturated rings. The van der Waals surface area contributed by atoms with Crippen molar-refractivity contribution in [3.63, 3.8) is 0 Å². The summed E-state index contributed by atoms with van der Waals surface area (Å²) < 4.78 is 2.44. The van der Waals surface area contributed by atoms with Gasteiger partial charge in [0.2, 0.25) is 0 Å². The largest absolute Gasteiger partial charge is 0.332 e. The molecular weight excluding hydrogens is 316 g/mol. The Kier molecular flexibility index (Phi) is 13.7. The van der Waals surface area contributed by atoms with Crippen LogP contribution in [0.1, 0.15) is 142 Å². The van der Waals surface area contributed by atoms with E-state index in [1.165, 1.54) is 102 Å². The lowest BCUT2D eigenvalue weighted by Crippen LogP contribution is -2.11. The minimum atomic E-state index is 0.590. The summed E-state index contributed by atoms with van der Waals surface area (Å²) in [4.78, 5) is 4.69. The minimum Gasteiger partial charge on any atom is -0.332 e. The molecule has 0 aliphatic rings. The van der Waals surface area contributed by atoms with Crippen LogP contribution in [0, 0.1) is 0 Å². The summed E-state index contributed by atoms with van der Waals surface area (Å²) in [5.74, 6) is 1.90. The van der Waals surface area contributed by atoms with Crippen LogP contribution < -0.4 is 0 Å². The van der Waals surface area contributed by atoms with Crippen LogP contribution in [0.5, 0.6) is 0 Å². The van der Waals surface area contributed by atoms with Crippen LogP contribution >= 0.6 is 0 Å². The van der Waals surface area contributed by atoms with E-state index in [0.29, 0.717) is 12.0 Å². The van der Waals surface area contributed by atoms with E-state index in [9.17, 15) is 0 Å². The fraction of sp³-hybridized carbons (Fsp3) is 0.875. The zero-order valence-electron chi connectivity index (χ0n) is 18.3. The maximum Gasteiger partial charge on any atom is 0.111 e. The molecule has 26 heavy (non-hydrogen) atoms. The highest BCUT2D eigenvalue weighted by atomic mass is 15.1. The summed E-state index contributed by atoms with van der Waals surface area (Å²) in [5.41, 5.74) is 0. The molecule has 152 valence electrons. The molecule has 1 aromatic heterocycles. The number of nitrogens with zero attached hydrogens (tertiary/aromatic N) is 2. The van der Waals surface area contributed by atoms with Gasteiger partial charge in [0.25, 0.3) is 0 Å². The molecule has 0 saturated heterocycles. The maximum absolute atomic E-state index is 4.69. The van der Waals surface area contributed by atoms with Crippen molar-refractivity contribution >= 4 is 0 Å². The number of unbranched alkanes of at least 4 members (excludes halogenated alkanes) is 11. The SMILES string of the molecule is CCCCCCCCCCCCC(C)c1nccn1C(C)CCCCC.